The third-order valence-corrected chi connectivity index (χ3v) is 6.53. The number of anilines is 1. The molecule has 2 heterocycles. The monoisotopic (exact) mass is 362 g/mol. The van der Waals surface area contributed by atoms with Gasteiger partial charge in [-0.25, -0.2) is 4.98 Å². The van der Waals surface area contributed by atoms with Crippen LogP contribution in [0, 0.1) is 5.92 Å². The predicted molar refractivity (Wildman–Crippen MR) is 98.1 cm³/mol. The van der Waals surface area contributed by atoms with Gasteiger partial charge in [0.05, 0.1) is 15.3 Å². The highest BCUT2D eigenvalue weighted by molar-refractivity contribution is 7.22. The van der Waals surface area contributed by atoms with Crippen molar-refractivity contribution in [3.63, 3.8) is 0 Å². The van der Waals surface area contributed by atoms with Gasteiger partial charge in [0.25, 0.3) is 5.91 Å². The van der Waals surface area contributed by atoms with E-state index < -0.39 is 0 Å². The summed E-state index contributed by atoms with van der Waals surface area (Å²) in [5.74, 6) is 0.649. The van der Waals surface area contributed by atoms with Crippen LogP contribution >= 0.6 is 34.3 Å². The summed E-state index contributed by atoms with van der Waals surface area (Å²) in [6.45, 7) is 2.27. The Morgan fingerprint density at radius 3 is 3.13 bits per heavy atom. The van der Waals surface area contributed by atoms with Gasteiger partial charge in [0, 0.05) is 10.3 Å². The quantitative estimate of drug-likeness (QED) is 0.664. The lowest BCUT2D eigenvalue weighted by Gasteiger charge is -2.18. The summed E-state index contributed by atoms with van der Waals surface area (Å²) >= 11 is 9.30. The molecule has 4 rings (SSSR count). The van der Waals surface area contributed by atoms with E-state index in [1.807, 2.05) is 23.6 Å². The minimum atomic E-state index is -0.0627. The summed E-state index contributed by atoms with van der Waals surface area (Å²) in [4.78, 5) is 18.4. The van der Waals surface area contributed by atoms with Crippen LogP contribution in [0.5, 0.6) is 0 Å². The highest BCUT2D eigenvalue weighted by atomic mass is 35.5. The molecule has 1 aliphatic rings. The van der Waals surface area contributed by atoms with E-state index in [1.165, 1.54) is 21.8 Å². The van der Waals surface area contributed by atoms with Crippen molar-refractivity contribution in [2.24, 2.45) is 5.92 Å². The summed E-state index contributed by atoms with van der Waals surface area (Å²) < 4.78 is 0.981. The molecule has 118 valence electrons. The van der Waals surface area contributed by atoms with Gasteiger partial charge >= 0.3 is 0 Å². The number of carbonyl (C=O) groups excluding carboxylic acids is 1. The molecule has 0 fully saturated rings. The number of nitrogens with one attached hydrogen (secondary N) is 1. The molecule has 1 N–H and O–H groups in total. The fourth-order valence-electron chi connectivity index (χ4n) is 3.00. The number of benzene rings is 1. The maximum Gasteiger partial charge on any atom is 0.258 e. The van der Waals surface area contributed by atoms with E-state index in [2.05, 4.69) is 17.2 Å². The number of thiophene rings is 1. The van der Waals surface area contributed by atoms with Crippen LogP contribution < -0.4 is 5.32 Å². The SMILES string of the molecule is CC1CCc2c(C(=O)Nc3nc4c(Cl)cccc4s3)csc2C1. The molecule has 1 aliphatic carbocycles. The van der Waals surface area contributed by atoms with Crippen molar-refractivity contribution in [3.8, 4) is 0 Å². The Labute approximate surface area is 147 Å². The van der Waals surface area contributed by atoms with Gasteiger partial charge in [0.2, 0.25) is 0 Å². The Balaban J connectivity index is 1.61. The third-order valence-electron chi connectivity index (χ3n) is 4.24. The molecule has 2 aromatic heterocycles. The molecule has 0 radical (unpaired) electrons. The summed E-state index contributed by atoms with van der Waals surface area (Å²) in [5.41, 5.74) is 2.78. The van der Waals surface area contributed by atoms with Crippen LogP contribution in [-0.2, 0) is 12.8 Å². The average molecular weight is 363 g/mol. The van der Waals surface area contributed by atoms with Crippen molar-refractivity contribution >= 4 is 55.5 Å². The van der Waals surface area contributed by atoms with Crippen LogP contribution in [0.3, 0.4) is 0 Å². The zero-order chi connectivity index (χ0) is 16.0. The second-order valence-electron chi connectivity index (χ2n) is 5.96. The first-order valence-electron chi connectivity index (χ1n) is 7.57. The van der Waals surface area contributed by atoms with E-state index in [9.17, 15) is 4.79 Å². The number of para-hydroxylation sites is 1. The Kier molecular flexibility index (Phi) is 3.87. The van der Waals surface area contributed by atoms with E-state index in [-0.39, 0.29) is 5.91 Å². The van der Waals surface area contributed by atoms with E-state index in [4.69, 9.17) is 11.6 Å². The van der Waals surface area contributed by atoms with Gasteiger partial charge < -0.3 is 0 Å². The van der Waals surface area contributed by atoms with E-state index in [1.54, 1.807) is 11.3 Å². The number of fused-ring (bicyclic) bond motifs is 2. The lowest BCUT2D eigenvalue weighted by molar-refractivity contribution is 0.102. The van der Waals surface area contributed by atoms with E-state index in [0.29, 0.717) is 16.1 Å². The largest absolute Gasteiger partial charge is 0.298 e. The van der Waals surface area contributed by atoms with Crippen LogP contribution in [0.15, 0.2) is 23.6 Å². The molecule has 0 bridgehead atoms. The van der Waals surface area contributed by atoms with Crippen molar-refractivity contribution in [1.29, 1.82) is 0 Å². The van der Waals surface area contributed by atoms with Gasteiger partial charge in [-0.15, -0.1) is 11.3 Å². The second-order valence-corrected chi connectivity index (χ2v) is 8.36. The summed E-state index contributed by atoms with van der Waals surface area (Å²) in [6.07, 6.45) is 3.24. The topological polar surface area (TPSA) is 42.0 Å². The first kappa shape index (κ1) is 15.1. The molecule has 1 amide bonds. The molecule has 6 heteroatoms. The Bertz CT molecular complexity index is 899. The number of rotatable bonds is 2. The number of nitrogens with zero attached hydrogens (tertiary/aromatic N) is 1. The maximum atomic E-state index is 12.6. The van der Waals surface area contributed by atoms with Gasteiger partial charge in [-0.1, -0.05) is 35.9 Å². The van der Waals surface area contributed by atoms with Gasteiger partial charge in [0.1, 0.15) is 5.52 Å². The molecule has 1 aromatic carbocycles. The minimum absolute atomic E-state index is 0.0627. The van der Waals surface area contributed by atoms with Crippen LogP contribution in [0.2, 0.25) is 5.02 Å². The molecule has 3 aromatic rings. The number of hydrogen-bond acceptors (Lipinski definition) is 4. The number of hydrogen-bond donors (Lipinski definition) is 1. The highest BCUT2D eigenvalue weighted by Crippen LogP contribution is 2.34. The third kappa shape index (κ3) is 2.77. The summed E-state index contributed by atoms with van der Waals surface area (Å²) in [6, 6.07) is 5.67. The normalized spacial score (nSPS) is 17.2. The number of halogens is 1. The van der Waals surface area contributed by atoms with Crippen LogP contribution in [-0.4, -0.2) is 10.9 Å². The van der Waals surface area contributed by atoms with Crippen LogP contribution in [0.1, 0.15) is 34.1 Å². The molecule has 0 spiro atoms. The van der Waals surface area contributed by atoms with Gasteiger partial charge in [-0.05, 0) is 42.9 Å². The fraction of sp³-hybridized carbons (Fsp3) is 0.294. The molecule has 0 saturated carbocycles. The predicted octanol–water partition coefficient (Wildman–Crippen LogP) is 5.39. The Morgan fingerprint density at radius 2 is 2.30 bits per heavy atom. The highest BCUT2D eigenvalue weighted by Gasteiger charge is 2.23. The molecule has 1 atom stereocenters. The van der Waals surface area contributed by atoms with Gasteiger partial charge in [-0.3, -0.25) is 10.1 Å². The van der Waals surface area contributed by atoms with Gasteiger partial charge in [-0.2, -0.15) is 0 Å². The van der Waals surface area contributed by atoms with Gasteiger partial charge in [0.15, 0.2) is 5.13 Å². The molecular formula is C17H15ClN2OS2. The zero-order valence-electron chi connectivity index (χ0n) is 12.6. The fourth-order valence-corrected chi connectivity index (χ4v) is 5.41. The van der Waals surface area contributed by atoms with Crippen molar-refractivity contribution in [1.82, 2.24) is 4.98 Å². The van der Waals surface area contributed by atoms with E-state index >= 15 is 0 Å². The molecular weight excluding hydrogens is 348 g/mol. The van der Waals surface area contributed by atoms with Crippen molar-refractivity contribution in [2.75, 3.05) is 5.32 Å². The van der Waals surface area contributed by atoms with E-state index in [0.717, 1.165) is 35.0 Å². The standard InChI is InChI=1S/C17H15ClN2OS2/c1-9-5-6-10-11(8-22-14(10)7-9)16(21)20-17-19-15-12(18)3-2-4-13(15)23-17/h2-4,8-9H,5-7H2,1H3,(H,19,20,21). The number of carbonyl (C=O) groups is 1. The van der Waals surface area contributed by atoms with Crippen LogP contribution in [0.4, 0.5) is 5.13 Å². The Morgan fingerprint density at radius 1 is 1.43 bits per heavy atom. The van der Waals surface area contributed by atoms with Crippen molar-refractivity contribution in [2.45, 2.75) is 26.2 Å². The summed E-state index contributed by atoms with van der Waals surface area (Å²) in [7, 11) is 0. The number of amides is 1. The second kappa shape index (κ2) is 5.89. The minimum Gasteiger partial charge on any atom is -0.298 e. The molecule has 0 saturated heterocycles. The molecule has 1 unspecified atom stereocenters. The number of aromatic nitrogens is 1. The first-order valence-corrected chi connectivity index (χ1v) is 9.65. The molecule has 23 heavy (non-hydrogen) atoms. The first-order chi connectivity index (χ1) is 11.1. The zero-order valence-corrected chi connectivity index (χ0v) is 14.9. The van der Waals surface area contributed by atoms with Crippen molar-refractivity contribution in [3.05, 3.63) is 44.6 Å². The maximum absolute atomic E-state index is 12.6. The molecule has 0 aliphatic heterocycles. The van der Waals surface area contributed by atoms with Crippen LogP contribution in [0.25, 0.3) is 10.2 Å². The summed E-state index contributed by atoms with van der Waals surface area (Å²) in [5, 5.41) is 6.13. The Hall–Kier alpha value is -1.43. The number of thiazole rings is 1. The molecule has 3 nitrogen and oxygen atoms in total. The lowest BCUT2D eigenvalue weighted by Crippen LogP contribution is -2.16. The smallest absolute Gasteiger partial charge is 0.258 e. The average Bonchev–Trinajstić information content (AvgIpc) is 3.11. The van der Waals surface area contributed by atoms with Crippen molar-refractivity contribution < 1.29 is 4.79 Å². The lowest BCUT2D eigenvalue weighted by atomic mass is 9.88.